The van der Waals surface area contributed by atoms with Crippen molar-refractivity contribution in [2.75, 3.05) is 19.7 Å². The van der Waals surface area contributed by atoms with Crippen molar-refractivity contribution in [1.82, 2.24) is 15.5 Å². The van der Waals surface area contributed by atoms with Crippen LogP contribution in [0.2, 0.25) is 0 Å². The van der Waals surface area contributed by atoms with Crippen LogP contribution >= 0.6 is 0 Å². The van der Waals surface area contributed by atoms with E-state index < -0.39 is 11.6 Å². The number of amides is 4. The Morgan fingerprint density at radius 3 is 2.33 bits per heavy atom. The lowest BCUT2D eigenvalue weighted by atomic mass is 9.87. The predicted octanol–water partition coefficient (Wildman–Crippen LogP) is 3.12. The molecule has 1 saturated heterocycles. The maximum Gasteiger partial charge on any atom is 0.325 e. The molecule has 7 heteroatoms. The van der Waals surface area contributed by atoms with E-state index in [1.165, 1.54) is 5.56 Å². The van der Waals surface area contributed by atoms with Gasteiger partial charge in [0.25, 0.3) is 5.91 Å². The largest absolute Gasteiger partial charge is 0.492 e. The van der Waals surface area contributed by atoms with Gasteiger partial charge in [0.15, 0.2) is 0 Å². The summed E-state index contributed by atoms with van der Waals surface area (Å²) in [5.41, 5.74) is 0.500. The van der Waals surface area contributed by atoms with Gasteiger partial charge >= 0.3 is 6.03 Å². The SMILES string of the molecule is CC(C)(C)c1ccc(OCCNC(=O)CN2C(=O)NC3(CCCCCC3)C2=O)cc1. The Hall–Kier alpha value is -2.57. The number of ether oxygens (including phenoxy) is 1. The van der Waals surface area contributed by atoms with Crippen LogP contribution in [-0.2, 0) is 15.0 Å². The first-order valence-electron chi connectivity index (χ1n) is 10.9. The van der Waals surface area contributed by atoms with Crippen molar-refractivity contribution in [3.63, 3.8) is 0 Å². The number of rotatable bonds is 6. The van der Waals surface area contributed by atoms with E-state index in [-0.39, 0.29) is 23.8 Å². The number of hydrogen-bond acceptors (Lipinski definition) is 4. The van der Waals surface area contributed by atoms with E-state index in [0.717, 1.165) is 36.3 Å². The minimum Gasteiger partial charge on any atom is -0.492 e. The molecule has 7 nitrogen and oxygen atoms in total. The van der Waals surface area contributed by atoms with E-state index in [1.54, 1.807) is 0 Å². The summed E-state index contributed by atoms with van der Waals surface area (Å²) in [6, 6.07) is 7.44. The van der Waals surface area contributed by atoms with Gasteiger partial charge in [-0.3, -0.25) is 14.5 Å². The molecule has 0 radical (unpaired) electrons. The fraction of sp³-hybridized carbons (Fsp3) is 0.609. The van der Waals surface area contributed by atoms with Crippen molar-refractivity contribution < 1.29 is 19.1 Å². The van der Waals surface area contributed by atoms with Crippen LogP contribution in [0.1, 0.15) is 64.9 Å². The van der Waals surface area contributed by atoms with E-state index >= 15 is 0 Å². The molecule has 1 spiro atoms. The summed E-state index contributed by atoms with van der Waals surface area (Å²) in [6.45, 7) is 6.82. The van der Waals surface area contributed by atoms with Crippen molar-refractivity contribution in [1.29, 1.82) is 0 Å². The highest BCUT2D eigenvalue weighted by atomic mass is 16.5. The highest BCUT2D eigenvalue weighted by Crippen LogP contribution is 2.32. The highest BCUT2D eigenvalue weighted by Gasteiger charge is 2.51. The topological polar surface area (TPSA) is 87.7 Å². The van der Waals surface area contributed by atoms with E-state index in [0.29, 0.717) is 26.0 Å². The quantitative estimate of drug-likeness (QED) is 0.552. The molecule has 0 aromatic heterocycles. The molecular weight excluding hydrogens is 382 g/mol. The Morgan fingerprint density at radius 1 is 1.10 bits per heavy atom. The Bertz CT molecular complexity index is 775. The van der Waals surface area contributed by atoms with Crippen LogP contribution in [0.3, 0.4) is 0 Å². The third kappa shape index (κ3) is 5.12. The van der Waals surface area contributed by atoms with Gasteiger partial charge in [0.1, 0.15) is 24.4 Å². The third-order valence-electron chi connectivity index (χ3n) is 5.92. The number of hydrogen-bond donors (Lipinski definition) is 2. The Morgan fingerprint density at radius 2 is 1.73 bits per heavy atom. The smallest absolute Gasteiger partial charge is 0.325 e. The van der Waals surface area contributed by atoms with Gasteiger partial charge in [0, 0.05) is 0 Å². The van der Waals surface area contributed by atoms with E-state index in [2.05, 4.69) is 31.4 Å². The second-order valence-electron chi connectivity index (χ2n) is 9.29. The number of imide groups is 1. The minimum atomic E-state index is -0.809. The average molecular weight is 416 g/mol. The summed E-state index contributed by atoms with van der Waals surface area (Å²) < 4.78 is 5.67. The van der Waals surface area contributed by atoms with Gasteiger partial charge in [-0.05, 0) is 36.0 Å². The van der Waals surface area contributed by atoms with Gasteiger partial charge in [-0.2, -0.15) is 0 Å². The number of benzene rings is 1. The van der Waals surface area contributed by atoms with Crippen molar-refractivity contribution in [3.8, 4) is 5.75 Å². The zero-order chi connectivity index (χ0) is 21.8. The number of nitrogens with one attached hydrogen (secondary N) is 2. The average Bonchev–Trinajstić information content (AvgIpc) is 2.85. The molecule has 1 aliphatic heterocycles. The van der Waals surface area contributed by atoms with Gasteiger partial charge in [0.2, 0.25) is 5.91 Å². The zero-order valence-corrected chi connectivity index (χ0v) is 18.3. The number of urea groups is 1. The maximum atomic E-state index is 12.8. The first-order valence-corrected chi connectivity index (χ1v) is 10.9. The third-order valence-corrected chi connectivity index (χ3v) is 5.92. The number of carbonyl (C=O) groups is 3. The standard InChI is InChI=1S/C23H33N3O4/c1-22(2,3)17-8-10-18(11-9-17)30-15-14-24-19(27)16-26-20(28)23(25-21(26)29)12-6-4-5-7-13-23/h8-11H,4-7,12-16H2,1-3H3,(H,24,27)(H,25,29). The second-order valence-corrected chi connectivity index (χ2v) is 9.29. The molecule has 1 saturated carbocycles. The lowest BCUT2D eigenvalue weighted by Gasteiger charge is -2.24. The molecule has 0 bridgehead atoms. The first-order chi connectivity index (χ1) is 14.2. The van der Waals surface area contributed by atoms with Gasteiger partial charge in [-0.15, -0.1) is 0 Å². The summed E-state index contributed by atoms with van der Waals surface area (Å²) in [6.07, 6.45) is 5.28. The Labute approximate surface area is 178 Å². The monoisotopic (exact) mass is 415 g/mol. The molecule has 1 aromatic carbocycles. The molecule has 4 amide bonds. The molecule has 3 rings (SSSR count). The van der Waals surface area contributed by atoms with Crippen molar-refractivity contribution >= 4 is 17.8 Å². The van der Waals surface area contributed by atoms with Gasteiger partial charge in [0.05, 0.1) is 6.54 Å². The predicted molar refractivity (Wildman–Crippen MR) is 114 cm³/mol. The second kappa shape index (κ2) is 9.06. The first kappa shape index (κ1) is 22.1. The van der Waals surface area contributed by atoms with Crippen molar-refractivity contribution in [2.45, 2.75) is 70.3 Å². The molecule has 1 aliphatic carbocycles. The molecule has 164 valence electrons. The van der Waals surface area contributed by atoms with Crippen LogP contribution in [0, 0.1) is 0 Å². The van der Waals surface area contributed by atoms with E-state index in [9.17, 15) is 14.4 Å². The minimum absolute atomic E-state index is 0.0845. The molecule has 2 fully saturated rings. The lowest BCUT2D eigenvalue weighted by Crippen LogP contribution is -2.47. The van der Waals surface area contributed by atoms with Crippen LogP contribution in [-0.4, -0.2) is 48.0 Å². The summed E-state index contributed by atoms with van der Waals surface area (Å²) in [5.74, 6) is 0.109. The molecule has 2 aliphatic rings. The fourth-order valence-electron chi connectivity index (χ4n) is 4.10. The van der Waals surface area contributed by atoms with Crippen LogP contribution in [0.5, 0.6) is 5.75 Å². The van der Waals surface area contributed by atoms with Crippen LogP contribution in [0.4, 0.5) is 4.79 Å². The normalized spacial score (nSPS) is 18.8. The molecular formula is C23H33N3O4. The lowest BCUT2D eigenvalue weighted by molar-refractivity contribution is -0.135. The van der Waals surface area contributed by atoms with E-state index in [1.807, 2.05) is 24.3 Å². The van der Waals surface area contributed by atoms with E-state index in [4.69, 9.17) is 4.74 Å². The zero-order valence-electron chi connectivity index (χ0n) is 18.3. The molecule has 1 aromatic rings. The fourth-order valence-corrected chi connectivity index (χ4v) is 4.10. The summed E-state index contributed by atoms with van der Waals surface area (Å²) in [5, 5.41) is 5.57. The maximum absolute atomic E-state index is 12.8. The summed E-state index contributed by atoms with van der Waals surface area (Å²) >= 11 is 0. The van der Waals surface area contributed by atoms with Crippen molar-refractivity contribution in [2.24, 2.45) is 0 Å². The number of carbonyl (C=O) groups excluding carboxylic acids is 3. The number of nitrogens with zero attached hydrogens (tertiary/aromatic N) is 1. The van der Waals surface area contributed by atoms with Crippen LogP contribution in [0.15, 0.2) is 24.3 Å². The Kier molecular flexibility index (Phi) is 6.68. The van der Waals surface area contributed by atoms with Gasteiger partial charge in [-0.1, -0.05) is 58.6 Å². The molecule has 0 unspecified atom stereocenters. The van der Waals surface area contributed by atoms with Gasteiger partial charge in [-0.25, -0.2) is 4.79 Å². The molecule has 0 atom stereocenters. The molecule has 1 heterocycles. The van der Waals surface area contributed by atoms with Gasteiger partial charge < -0.3 is 15.4 Å². The highest BCUT2D eigenvalue weighted by molar-refractivity contribution is 6.09. The van der Waals surface area contributed by atoms with Crippen molar-refractivity contribution in [3.05, 3.63) is 29.8 Å². The Balaban J connectivity index is 1.43. The molecule has 30 heavy (non-hydrogen) atoms. The molecule has 2 N–H and O–H groups in total. The van der Waals surface area contributed by atoms with Crippen LogP contribution < -0.4 is 15.4 Å². The van der Waals surface area contributed by atoms with Crippen LogP contribution in [0.25, 0.3) is 0 Å². The summed E-state index contributed by atoms with van der Waals surface area (Å²) in [4.78, 5) is 38.4. The summed E-state index contributed by atoms with van der Waals surface area (Å²) in [7, 11) is 0.